The third-order valence-corrected chi connectivity index (χ3v) is 23.1. The quantitative estimate of drug-likeness (QED) is 0.0321. The smallest absolute Gasteiger partial charge is 0.145 e. The van der Waals surface area contributed by atoms with E-state index in [0.717, 1.165) is 111 Å². The first-order valence-electron chi connectivity index (χ1n) is 49.1. The van der Waals surface area contributed by atoms with E-state index in [1.165, 1.54) is 0 Å². The molecule has 0 aliphatic carbocycles. The number of rotatable bonds is 74. The van der Waals surface area contributed by atoms with Crippen LogP contribution in [-0.2, 0) is 104 Å². The molecule has 0 heterocycles. The van der Waals surface area contributed by atoms with E-state index in [1.807, 2.05) is 76.2 Å². The number of nitriles is 2. The van der Waals surface area contributed by atoms with Gasteiger partial charge in [-0.05, 0) is 181 Å². The molecular weight excluding hydrogens is 1800 g/mol. The van der Waals surface area contributed by atoms with Crippen LogP contribution in [0.4, 0.5) is 0 Å². The second-order valence-electron chi connectivity index (χ2n) is 34.1. The molecule has 0 amide bonds. The molecule has 0 bridgehead atoms. The van der Waals surface area contributed by atoms with Crippen LogP contribution in [0.15, 0.2) is 261 Å². The van der Waals surface area contributed by atoms with Crippen LogP contribution < -0.4 is 4.74 Å². The topological polar surface area (TPSA) is 260 Å². The minimum absolute atomic E-state index is 0.0174. The normalized spacial score (nSPS) is 12.5. The molecule has 11 aromatic carbocycles. The molecule has 25 nitrogen and oxygen atoms in total. The highest BCUT2D eigenvalue weighted by atomic mass is 16.6. The fourth-order valence-electron chi connectivity index (χ4n) is 15.0. The standard InChI is InChI=1S/C117H142N2O23/c1-88(78-132-69-65-128-61-57-124-53-49-120-5)136-82-115(83-137-89(2)79-133-70-66-129-62-58-125-54-50-121-6)140-86-117(87-141-116(84-138-90(3)80-134-71-67-130-63-59-126-55-51-122-7)85-139-91(4)81-135-72-68-131-64-60-127-56-52-123-8)142-114-74-112(110-45-41-108(42-46-110)106-37-33-104(34-38-106)102-29-25-100(26-30-102)98-21-17-96(18-22-98)94-13-9-92(76-118)10-14-94)73-113(75-114)111-47-43-109(44-48-111)107-39-35-105(36-40-107)103-31-27-101(28-32-103)99-23-19-97(20-24-99)95-15-11-93(77-119)12-16-95/h9-48,73-75,88-91,115-117H,49-72,78-87H2,1-8H3/t88-,89-,90-,91-/m0/s1. The van der Waals surface area contributed by atoms with Gasteiger partial charge in [0.25, 0.3) is 0 Å². The zero-order valence-corrected chi connectivity index (χ0v) is 83.7. The average Bonchev–Trinajstić information content (AvgIpc) is 0.764. The van der Waals surface area contributed by atoms with E-state index < -0.39 is 18.3 Å². The lowest BCUT2D eigenvalue weighted by atomic mass is 9.94. The van der Waals surface area contributed by atoms with Crippen molar-refractivity contribution in [3.8, 4) is 129 Å². The summed E-state index contributed by atoms with van der Waals surface area (Å²) < 4.78 is 138. The molecule has 0 saturated carbocycles. The van der Waals surface area contributed by atoms with Crippen molar-refractivity contribution in [1.29, 1.82) is 10.5 Å². The van der Waals surface area contributed by atoms with Crippen LogP contribution in [0.1, 0.15) is 38.8 Å². The third kappa shape index (κ3) is 41.2. The largest absolute Gasteiger partial charge is 0.486 e. The predicted molar refractivity (Wildman–Crippen MR) is 553 cm³/mol. The summed E-state index contributed by atoms with van der Waals surface area (Å²) in [6, 6.07) is 95.3. The van der Waals surface area contributed by atoms with E-state index in [-0.39, 0.29) is 64.1 Å². The van der Waals surface area contributed by atoms with Gasteiger partial charge in [-0.1, -0.05) is 218 Å². The van der Waals surface area contributed by atoms with Crippen molar-refractivity contribution in [2.45, 2.75) is 70.4 Å². The maximum Gasteiger partial charge on any atom is 0.145 e. The van der Waals surface area contributed by atoms with Gasteiger partial charge in [-0.2, -0.15) is 10.5 Å². The molecule has 0 saturated heterocycles. The van der Waals surface area contributed by atoms with Gasteiger partial charge < -0.3 is 109 Å². The Bertz CT molecular complexity index is 4910. The van der Waals surface area contributed by atoms with Crippen molar-refractivity contribution in [1.82, 2.24) is 0 Å². The Morgan fingerprint density at radius 3 is 0.507 bits per heavy atom. The van der Waals surface area contributed by atoms with Gasteiger partial charge in [0.2, 0.25) is 0 Å². The van der Waals surface area contributed by atoms with Gasteiger partial charge in [0.1, 0.15) is 24.1 Å². The number of ether oxygens (including phenoxy) is 23. The number of nitrogens with zero attached hydrogens (tertiary/aromatic N) is 2. The zero-order chi connectivity index (χ0) is 99.4. The van der Waals surface area contributed by atoms with Crippen LogP contribution in [0, 0.1) is 22.7 Å². The molecule has 758 valence electrons. The summed E-state index contributed by atoms with van der Waals surface area (Å²) in [6.45, 7) is 20.3. The Morgan fingerprint density at radius 1 is 0.176 bits per heavy atom. The summed E-state index contributed by atoms with van der Waals surface area (Å²) in [4.78, 5) is 0. The van der Waals surface area contributed by atoms with Gasteiger partial charge in [-0.25, -0.2) is 0 Å². The van der Waals surface area contributed by atoms with Crippen LogP contribution in [-0.4, -0.2) is 296 Å². The van der Waals surface area contributed by atoms with Crippen molar-refractivity contribution in [3.05, 3.63) is 272 Å². The van der Waals surface area contributed by atoms with E-state index in [0.29, 0.717) is 202 Å². The molecule has 0 aromatic heterocycles. The molecule has 4 atom stereocenters. The minimum atomic E-state index is -0.770. The molecule has 11 aromatic rings. The fraction of sp³-hybridized carbons (Fsp3) is 0.419. The second kappa shape index (κ2) is 66.3. The van der Waals surface area contributed by atoms with Crippen LogP contribution in [0.2, 0.25) is 0 Å². The number of hydrogen-bond donors (Lipinski definition) is 0. The van der Waals surface area contributed by atoms with Crippen molar-refractivity contribution in [3.63, 3.8) is 0 Å². The van der Waals surface area contributed by atoms with Gasteiger partial charge in [0, 0.05) is 28.4 Å². The maximum absolute atomic E-state index is 9.33. The highest BCUT2D eigenvalue weighted by Gasteiger charge is 2.25. The molecule has 142 heavy (non-hydrogen) atoms. The Balaban J connectivity index is 0.865. The van der Waals surface area contributed by atoms with Crippen molar-refractivity contribution < 1.29 is 109 Å². The molecule has 11 rings (SSSR count). The van der Waals surface area contributed by atoms with Crippen molar-refractivity contribution in [2.75, 3.05) is 253 Å². The maximum atomic E-state index is 9.33. The minimum Gasteiger partial charge on any atom is -0.486 e. The number of hydrogen-bond acceptors (Lipinski definition) is 25. The molecule has 0 radical (unpaired) electrons. The van der Waals surface area contributed by atoms with Gasteiger partial charge in [-0.15, -0.1) is 0 Å². The molecule has 0 fully saturated rings. The summed E-state index contributed by atoms with van der Waals surface area (Å²) in [5.41, 5.74) is 22.5. The number of methoxy groups -OCH3 is 4. The molecule has 0 aliphatic rings. The van der Waals surface area contributed by atoms with Crippen LogP contribution in [0.25, 0.3) is 111 Å². The third-order valence-electron chi connectivity index (χ3n) is 23.1. The van der Waals surface area contributed by atoms with E-state index in [4.69, 9.17) is 109 Å². The van der Waals surface area contributed by atoms with Crippen LogP contribution in [0.5, 0.6) is 5.75 Å². The summed E-state index contributed by atoms with van der Waals surface area (Å²) in [6.07, 6.45) is -3.36. The summed E-state index contributed by atoms with van der Waals surface area (Å²) >= 11 is 0. The lowest BCUT2D eigenvalue weighted by Gasteiger charge is -2.28. The molecule has 0 N–H and O–H groups in total. The Morgan fingerprint density at radius 2 is 0.331 bits per heavy atom. The van der Waals surface area contributed by atoms with Gasteiger partial charge in [0.15, 0.2) is 0 Å². The van der Waals surface area contributed by atoms with E-state index in [1.54, 1.807) is 28.4 Å². The summed E-state index contributed by atoms with van der Waals surface area (Å²) in [5.74, 6) is 0.567. The summed E-state index contributed by atoms with van der Waals surface area (Å²) in [7, 11) is 6.57. The van der Waals surface area contributed by atoms with E-state index in [2.05, 4.69) is 224 Å². The lowest BCUT2D eigenvalue weighted by molar-refractivity contribution is -0.136. The molecule has 25 heteroatoms. The predicted octanol–water partition coefficient (Wildman–Crippen LogP) is 20.0. The average molecular weight is 1940 g/mol. The second-order valence-corrected chi connectivity index (χ2v) is 34.1. The Kier molecular flexibility index (Phi) is 52.1. The van der Waals surface area contributed by atoms with Crippen molar-refractivity contribution in [2.24, 2.45) is 0 Å². The number of benzene rings is 11. The monoisotopic (exact) mass is 1940 g/mol. The first kappa shape index (κ1) is 112. The highest BCUT2D eigenvalue weighted by molar-refractivity contribution is 5.81. The SMILES string of the molecule is COCCOCCOCCOC[C@H](C)OCC(CO[C@@H](C)COCCOCCOCCOC)OCC(COC(CO[C@@H](C)COCCOCCOCCOC)CO[C@@H](C)COCCOCCOCCOC)Oc1cc(-c2ccc(-c3ccc(-c4ccc(-c5ccc(-c6ccc(C#N)cc6)cc5)cc4)cc3)cc2)cc(-c2ccc(-c3ccc(-c4ccc(-c5ccc(-c6ccc(C#N)cc6)cc5)cc4)cc3)cc2)c1. The molecular formula is C117H142N2O23. The molecule has 0 spiro atoms. The fourth-order valence-corrected chi connectivity index (χ4v) is 15.0. The first-order chi connectivity index (χ1) is 69.8. The highest BCUT2D eigenvalue weighted by Crippen LogP contribution is 2.38. The lowest BCUT2D eigenvalue weighted by Crippen LogP contribution is -2.39. The Labute approximate surface area is 839 Å². The van der Waals surface area contributed by atoms with Crippen LogP contribution in [0.3, 0.4) is 0 Å². The van der Waals surface area contributed by atoms with Crippen molar-refractivity contribution >= 4 is 0 Å². The Hall–Kier alpha value is -10.7. The zero-order valence-electron chi connectivity index (χ0n) is 83.7. The summed E-state index contributed by atoms with van der Waals surface area (Å²) in [5, 5.41) is 18.7. The molecule has 0 aliphatic heterocycles. The van der Waals surface area contributed by atoms with E-state index >= 15 is 0 Å². The van der Waals surface area contributed by atoms with Crippen LogP contribution >= 0.6 is 0 Å². The van der Waals surface area contributed by atoms with Gasteiger partial charge >= 0.3 is 0 Å². The first-order valence-corrected chi connectivity index (χ1v) is 49.1. The van der Waals surface area contributed by atoms with Gasteiger partial charge in [0.05, 0.1) is 272 Å². The molecule has 0 unspecified atom stereocenters. The van der Waals surface area contributed by atoms with Gasteiger partial charge in [-0.3, -0.25) is 0 Å². The van der Waals surface area contributed by atoms with E-state index in [9.17, 15) is 10.5 Å².